The minimum Gasteiger partial charge on any atom is -0.337 e. The lowest BCUT2D eigenvalue weighted by Gasteiger charge is -2.07. The van der Waals surface area contributed by atoms with Gasteiger partial charge in [-0.15, -0.1) is 0 Å². The molecule has 0 unspecified atom stereocenters. The van der Waals surface area contributed by atoms with Crippen molar-refractivity contribution >= 4 is 28.5 Å². The predicted octanol–water partition coefficient (Wildman–Crippen LogP) is 4.11. The van der Waals surface area contributed by atoms with E-state index in [1.165, 1.54) is 0 Å². The molecule has 0 saturated heterocycles. The van der Waals surface area contributed by atoms with Crippen molar-refractivity contribution in [3.63, 3.8) is 0 Å². The van der Waals surface area contributed by atoms with Crippen molar-refractivity contribution in [1.29, 1.82) is 0 Å². The fourth-order valence-electron chi connectivity index (χ4n) is 4.15. The summed E-state index contributed by atoms with van der Waals surface area (Å²) < 4.78 is 16.1. The zero-order chi connectivity index (χ0) is 25.1. The number of benzene rings is 1. The molecule has 180 valence electrons. The Balaban J connectivity index is 1.64. The van der Waals surface area contributed by atoms with Gasteiger partial charge >= 0.3 is 0 Å². The Morgan fingerprint density at radius 3 is 2.81 bits per heavy atom. The van der Waals surface area contributed by atoms with Crippen LogP contribution < -0.4 is 15.9 Å². The monoisotopic (exact) mass is 479 g/mol. The first-order valence-corrected chi connectivity index (χ1v) is 11.7. The third-order valence-corrected chi connectivity index (χ3v) is 6.00. The highest BCUT2D eigenvalue weighted by Crippen LogP contribution is 2.29. The molecule has 8 heteroatoms. The van der Waals surface area contributed by atoms with E-state index < -0.39 is 5.83 Å². The molecule has 0 spiro atoms. The lowest BCUT2D eigenvalue weighted by atomic mass is 10.0. The van der Waals surface area contributed by atoms with E-state index >= 15 is 4.39 Å². The van der Waals surface area contributed by atoms with Crippen molar-refractivity contribution in [1.82, 2.24) is 35.5 Å². The Morgan fingerprint density at radius 2 is 2.03 bits per heavy atom. The van der Waals surface area contributed by atoms with E-state index in [9.17, 15) is 0 Å². The highest BCUT2D eigenvalue weighted by atomic mass is 19.1. The van der Waals surface area contributed by atoms with Crippen LogP contribution in [0.5, 0.6) is 0 Å². The summed E-state index contributed by atoms with van der Waals surface area (Å²) in [7, 11) is 0. The van der Waals surface area contributed by atoms with Crippen LogP contribution in [0.3, 0.4) is 0 Å². The van der Waals surface area contributed by atoms with Crippen LogP contribution in [0.25, 0.3) is 51.2 Å². The van der Waals surface area contributed by atoms with Crippen LogP contribution in [-0.4, -0.2) is 36.7 Å². The number of imidazole rings is 1. The largest absolute Gasteiger partial charge is 0.337 e. The molecule has 5 rings (SSSR count). The van der Waals surface area contributed by atoms with Crippen molar-refractivity contribution in [2.24, 2.45) is 0 Å². The van der Waals surface area contributed by atoms with E-state index in [2.05, 4.69) is 37.0 Å². The van der Waals surface area contributed by atoms with E-state index in [0.29, 0.717) is 34.2 Å². The number of nitrogens with one attached hydrogen (secondary N) is 3. The van der Waals surface area contributed by atoms with Gasteiger partial charge in [-0.3, -0.25) is 15.1 Å². The van der Waals surface area contributed by atoms with Crippen LogP contribution in [-0.2, 0) is 6.54 Å². The van der Waals surface area contributed by atoms with E-state index in [-0.39, 0.29) is 5.57 Å². The smallest absolute Gasteiger partial charge is 0.159 e. The van der Waals surface area contributed by atoms with E-state index in [1.54, 1.807) is 30.9 Å². The van der Waals surface area contributed by atoms with Gasteiger partial charge < -0.3 is 10.3 Å². The molecule has 7 nitrogen and oxygen atoms in total. The number of pyridine rings is 2. The Labute approximate surface area is 207 Å². The van der Waals surface area contributed by atoms with Gasteiger partial charge in [0.2, 0.25) is 0 Å². The number of fused-ring (bicyclic) bond motifs is 1. The number of allylic oxidation sites excluding steroid dienone is 1. The first-order chi connectivity index (χ1) is 17.6. The van der Waals surface area contributed by atoms with Crippen molar-refractivity contribution in [2.45, 2.75) is 20.4 Å². The fourth-order valence-corrected chi connectivity index (χ4v) is 4.15. The van der Waals surface area contributed by atoms with Crippen molar-refractivity contribution in [3.05, 3.63) is 89.5 Å². The second-order valence-electron chi connectivity index (χ2n) is 8.33. The number of nitrogens with zero attached hydrogens (tertiary/aromatic N) is 4. The maximum absolute atomic E-state index is 16.1. The van der Waals surface area contributed by atoms with Gasteiger partial charge in [0.15, 0.2) is 5.82 Å². The Hall–Kier alpha value is -4.43. The number of H-pyrrole nitrogens is 2. The van der Waals surface area contributed by atoms with Gasteiger partial charge in [-0.1, -0.05) is 37.8 Å². The first kappa shape index (κ1) is 23.3. The summed E-state index contributed by atoms with van der Waals surface area (Å²) >= 11 is 0. The van der Waals surface area contributed by atoms with Crippen LogP contribution in [0.4, 0.5) is 4.39 Å². The van der Waals surface area contributed by atoms with E-state index in [0.717, 1.165) is 34.3 Å². The van der Waals surface area contributed by atoms with Gasteiger partial charge in [-0.2, -0.15) is 5.10 Å². The molecule has 0 aliphatic carbocycles. The molecule has 0 saturated carbocycles. The quantitative estimate of drug-likeness (QED) is 0.327. The molecule has 36 heavy (non-hydrogen) atoms. The Kier molecular flexibility index (Phi) is 6.51. The van der Waals surface area contributed by atoms with Gasteiger partial charge in [0.1, 0.15) is 11.5 Å². The van der Waals surface area contributed by atoms with Crippen LogP contribution in [0.15, 0.2) is 67.8 Å². The van der Waals surface area contributed by atoms with Gasteiger partial charge in [0, 0.05) is 53.6 Å². The minimum absolute atomic E-state index is 0.235. The molecule has 0 atom stereocenters. The van der Waals surface area contributed by atoms with Crippen LogP contribution >= 0.6 is 0 Å². The molecule has 4 aromatic heterocycles. The second-order valence-corrected chi connectivity index (χ2v) is 8.33. The Bertz CT molecular complexity index is 1670. The normalized spacial score (nSPS) is 12.8. The third kappa shape index (κ3) is 4.34. The summed E-state index contributed by atoms with van der Waals surface area (Å²) in [4.78, 5) is 16.6. The number of aromatic amines is 2. The highest BCUT2D eigenvalue weighted by molar-refractivity contribution is 5.95. The third-order valence-electron chi connectivity index (χ3n) is 6.00. The molecule has 0 amide bonds. The average molecular weight is 480 g/mol. The maximum atomic E-state index is 16.1. The number of rotatable bonds is 7. The SMILES string of the molecule is C=C(/C(F)=c1/c(-c2nc3c(-c4cccnc4)cccc3[nH]2)n[nH]/c1=C/C)c1cncc(CNCC)c1. The number of aromatic nitrogens is 6. The molecule has 0 bridgehead atoms. The Morgan fingerprint density at radius 1 is 1.14 bits per heavy atom. The van der Waals surface area contributed by atoms with Crippen molar-refractivity contribution < 1.29 is 4.39 Å². The average Bonchev–Trinajstić information content (AvgIpc) is 3.55. The molecule has 4 heterocycles. The topological polar surface area (TPSA) is 95.2 Å². The summed E-state index contributed by atoms with van der Waals surface area (Å²) in [5.74, 6) is -0.0233. The molecule has 5 aromatic rings. The summed E-state index contributed by atoms with van der Waals surface area (Å²) in [5, 5.41) is 11.5. The van der Waals surface area contributed by atoms with Gasteiger partial charge in [0.05, 0.1) is 21.6 Å². The van der Waals surface area contributed by atoms with E-state index in [4.69, 9.17) is 4.98 Å². The summed E-state index contributed by atoms with van der Waals surface area (Å²) in [6.45, 7) is 9.39. The van der Waals surface area contributed by atoms with Crippen LogP contribution in [0.1, 0.15) is 25.0 Å². The van der Waals surface area contributed by atoms with Crippen LogP contribution in [0.2, 0.25) is 0 Å². The lowest BCUT2D eigenvalue weighted by molar-refractivity contribution is 0.724. The maximum Gasteiger partial charge on any atom is 0.159 e. The summed E-state index contributed by atoms with van der Waals surface area (Å²) in [6.07, 6.45) is 8.69. The zero-order valence-electron chi connectivity index (χ0n) is 20.1. The number of para-hydroxylation sites is 1. The standard InChI is InChI=1S/C28H26FN7/c1-4-22-24(25(29)17(3)20-12-18(13-30-5-2)14-32-16-20)27(36-35-22)28-33-23-10-6-9-21(26(23)34-28)19-8-7-11-31-15-19/h4,6-12,14-16,30,35H,3,5,13H2,1-2H3,(H,33,34)/b22-4+,25-24-. The number of hydrogen-bond donors (Lipinski definition) is 3. The van der Waals surface area contributed by atoms with Crippen molar-refractivity contribution in [2.75, 3.05) is 6.54 Å². The molecule has 0 aliphatic heterocycles. The molecular weight excluding hydrogens is 453 g/mol. The van der Waals surface area contributed by atoms with Gasteiger partial charge in [-0.05, 0) is 37.2 Å². The highest BCUT2D eigenvalue weighted by Gasteiger charge is 2.18. The molecule has 0 fully saturated rings. The van der Waals surface area contributed by atoms with Gasteiger partial charge in [0.25, 0.3) is 0 Å². The second kappa shape index (κ2) is 10.1. The molecule has 0 radical (unpaired) electrons. The zero-order valence-corrected chi connectivity index (χ0v) is 20.1. The predicted molar refractivity (Wildman–Crippen MR) is 141 cm³/mol. The van der Waals surface area contributed by atoms with E-state index in [1.807, 2.05) is 50.2 Å². The lowest BCUT2D eigenvalue weighted by Crippen LogP contribution is -2.26. The summed E-state index contributed by atoms with van der Waals surface area (Å²) in [5.41, 5.74) is 5.64. The number of halogens is 1. The van der Waals surface area contributed by atoms with Gasteiger partial charge in [-0.25, -0.2) is 9.37 Å². The summed E-state index contributed by atoms with van der Waals surface area (Å²) in [6, 6.07) is 11.6. The first-order valence-electron chi connectivity index (χ1n) is 11.7. The molecule has 1 aromatic carbocycles. The van der Waals surface area contributed by atoms with Crippen molar-refractivity contribution in [3.8, 4) is 22.6 Å². The van der Waals surface area contributed by atoms with Crippen LogP contribution in [0, 0.1) is 0 Å². The number of hydrogen-bond acceptors (Lipinski definition) is 5. The molecule has 3 N–H and O–H groups in total. The molecular formula is C28H26FN7. The minimum atomic E-state index is -0.484. The fraction of sp³-hybridized carbons (Fsp3) is 0.143. The molecule has 0 aliphatic rings.